The van der Waals surface area contributed by atoms with Gasteiger partial charge in [-0.1, -0.05) is 0 Å². The van der Waals surface area contributed by atoms with Gasteiger partial charge in [-0.25, -0.2) is 13.8 Å². The van der Waals surface area contributed by atoms with E-state index >= 15 is 0 Å². The molecular formula is C12H12F2N4O3. The van der Waals surface area contributed by atoms with Crippen LogP contribution in [0.4, 0.5) is 14.5 Å². The molecule has 21 heavy (non-hydrogen) atoms. The summed E-state index contributed by atoms with van der Waals surface area (Å²) in [4.78, 5) is 14.0. The van der Waals surface area contributed by atoms with Crippen molar-refractivity contribution in [1.82, 2.24) is 14.8 Å². The predicted octanol–water partition coefficient (Wildman–Crippen LogP) is 2.44. The summed E-state index contributed by atoms with van der Waals surface area (Å²) in [6, 6.07) is 2.25. The zero-order valence-electron chi connectivity index (χ0n) is 11.0. The Morgan fingerprint density at radius 2 is 2.29 bits per heavy atom. The van der Waals surface area contributed by atoms with Crippen LogP contribution in [-0.4, -0.2) is 33.2 Å². The van der Waals surface area contributed by atoms with Crippen LogP contribution in [0.3, 0.4) is 0 Å². The van der Waals surface area contributed by atoms with Gasteiger partial charge in [-0.3, -0.25) is 14.8 Å². The molecule has 2 heterocycles. The van der Waals surface area contributed by atoms with E-state index in [9.17, 15) is 18.9 Å². The molecule has 2 rings (SSSR count). The Morgan fingerprint density at radius 1 is 1.52 bits per heavy atom. The van der Waals surface area contributed by atoms with Crippen LogP contribution in [0.5, 0.6) is 5.88 Å². The van der Waals surface area contributed by atoms with Gasteiger partial charge in [0.1, 0.15) is 12.4 Å². The van der Waals surface area contributed by atoms with Gasteiger partial charge < -0.3 is 4.74 Å². The lowest BCUT2D eigenvalue weighted by Gasteiger charge is -2.19. The highest BCUT2D eigenvalue weighted by Crippen LogP contribution is 2.31. The molecule has 9 heteroatoms. The van der Waals surface area contributed by atoms with Crippen LogP contribution in [0.2, 0.25) is 0 Å². The smallest absolute Gasteiger partial charge is 0.307 e. The Bertz CT molecular complexity index is 632. The van der Waals surface area contributed by atoms with Gasteiger partial charge in [-0.2, -0.15) is 5.10 Å². The van der Waals surface area contributed by atoms with Gasteiger partial charge in [0.15, 0.2) is 0 Å². The average Bonchev–Trinajstić information content (AvgIpc) is 2.94. The third-order valence-corrected chi connectivity index (χ3v) is 2.87. The highest BCUT2D eigenvalue weighted by atomic mass is 19.3. The summed E-state index contributed by atoms with van der Waals surface area (Å²) in [7, 11) is 1.37. The Kier molecular flexibility index (Phi) is 4.41. The second-order valence-electron chi connectivity index (χ2n) is 4.18. The van der Waals surface area contributed by atoms with Crippen molar-refractivity contribution in [3.63, 3.8) is 0 Å². The minimum atomic E-state index is -2.61. The molecule has 0 N–H and O–H groups in total. The molecule has 0 aliphatic heterocycles. The molecule has 0 saturated carbocycles. The first-order chi connectivity index (χ1) is 10.0. The third kappa shape index (κ3) is 3.30. The fourth-order valence-electron chi connectivity index (χ4n) is 1.97. The second-order valence-corrected chi connectivity index (χ2v) is 4.18. The normalized spacial score (nSPS) is 12.4. The number of methoxy groups -OCH3 is 1. The Hall–Kier alpha value is -2.58. The Morgan fingerprint density at radius 3 is 2.86 bits per heavy atom. The summed E-state index contributed by atoms with van der Waals surface area (Å²) >= 11 is 0. The van der Waals surface area contributed by atoms with Crippen molar-refractivity contribution in [3.05, 3.63) is 46.4 Å². The van der Waals surface area contributed by atoms with E-state index in [-0.39, 0.29) is 11.6 Å². The van der Waals surface area contributed by atoms with Crippen LogP contribution in [0.15, 0.2) is 30.7 Å². The molecule has 7 nitrogen and oxygen atoms in total. The Balaban J connectivity index is 2.44. The standard InChI is InChI=1S/C12H12F2N4O3/c1-21-12-9(3-2-4-15-12)10(5-11(13)14)17-7-8(6-16-17)18(19)20/h2-4,6-7,10-11H,5H2,1H3. The number of hydrogen-bond acceptors (Lipinski definition) is 5. The van der Waals surface area contributed by atoms with Gasteiger partial charge in [0.25, 0.3) is 0 Å². The van der Waals surface area contributed by atoms with Gasteiger partial charge in [0, 0.05) is 18.2 Å². The van der Waals surface area contributed by atoms with E-state index in [0.717, 1.165) is 17.1 Å². The molecule has 0 saturated heterocycles. The molecule has 0 spiro atoms. The first kappa shape index (κ1) is 14.8. The SMILES string of the molecule is COc1ncccc1C(CC(F)F)n1cc([N+](=O)[O-])cn1. The van der Waals surface area contributed by atoms with Crippen molar-refractivity contribution in [1.29, 1.82) is 0 Å². The fraction of sp³-hybridized carbons (Fsp3) is 0.333. The number of nitro groups is 1. The van der Waals surface area contributed by atoms with Gasteiger partial charge in [-0.15, -0.1) is 0 Å². The average molecular weight is 298 g/mol. The van der Waals surface area contributed by atoms with Crippen molar-refractivity contribution in [3.8, 4) is 5.88 Å². The first-order valence-electron chi connectivity index (χ1n) is 5.98. The fourth-order valence-corrected chi connectivity index (χ4v) is 1.97. The molecule has 0 bridgehead atoms. The topological polar surface area (TPSA) is 83.1 Å². The summed E-state index contributed by atoms with van der Waals surface area (Å²) in [5.74, 6) is 0.182. The van der Waals surface area contributed by atoms with Crippen molar-refractivity contribution in [2.45, 2.75) is 18.9 Å². The number of ether oxygens (including phenoxy) is 1. The molecule has 0 radical (unpaired) electrons. The summed E-state index contributed by atoms with van der Waals surface area (Å²) in [6.45, 7) is 0. The molecule has 0 aliphatic rings. The first-order valence-corrected chi connectivity index (χ1v) is 5.98. The highest BCUT2D eigenvalue weighted by molar-refractivity contribution is 5.31. The summed E-state index contributed by atoms with van der Waals surface area (Å²) < 4.78 is 31.8. The van der Waals surface area contributed by atoms with Gasteiger partial charge in [0.05, 0.1) is 18.1 Å². The molecule has 0 fully saturated rings. The second kappa shape index (κ2) is 6.25. The Labute approximate surface area is 118 Å². The number of aromatic nitrogens is 3. The molecule has 0 aromatic carbocycles. The molecule has 1 unspecified atom stereocenters. The van der Waals surface area contributed by atoms with E-state index in [1.807, 2.05) is 0 Å². The van der Waals surface area contributed by atoms with Crippen LogP contribution >= 0.6 is 0 Å². The minimum Gasteiger partial charge on any atom is -0.481 e. The molecule has 0 aliphatic carbocycles. The van der Waals surface area contributed by atoms with Crippen molar-refractivity contribution >= 4 is 5.69 Å². The van der Waals surface area contributed by atoms with E-state index in [1.54, 1.807) is 12.1 Å². The number of alkyl halides is 2. The van der Waals surface area contributed by atoms with E-state index in [1.165, 1.54) is 13.3 Å². The number of rotatable bonds is 6. The van der Waals surface area contributed by atoms with Crippen LogP contribution in [-0.2, 0) is 0 Å². The maximum atomic E-state index is 12.8. The monoisotopic (exact) mass is 298 g/mol. The number of hydrogen-bond donors (Lipinski definition) is 0. The maximum absolute atomic E-state index is 12.8. The lowest BCUT2D eigenvalue weighted by atomic mass is 10.1. The van der Waals surface area contributed by atoms with Crippen LogP contribution in [0, 0.1) is 10.1 Å². The molecule has 2 aromatic rings. The summed E-state index contributed by atoms with van der Waals surface area (Å²) in [6.07, 6.45) is 0.429. The molecule has 112 valence electrons. The highest BCUT2D eigenvalue weighted by Gasteiger charge is 2.25. The molecule has 0 amide bonds. The van der Waals surface area contributed by atoms with Gasteiger partial charge in [-0.05, 0) is 12.1 Å². The van der Waals surface area contributed by atoms with Crippen molar-refractivity contribution in [2.24, 2.45) is 0 Å². The van der Waals surface area contributed by atoms with Crippen LogP contribution in [0.1, 0.15) is 18.0 Å². The van der Waals surface area contributed by atoms with E-state index in [0.29, 0.717) is 5.56 Å². The van der Waals surface area contributed by atoms with Crippen LogP contribution in [0.25, 0.3) is 0 Å². The zero-order valence-corrected chi connectivity index (χ0v) is 11.0. The predicted molar refractivity (Wildman–Crippen MR) is 68.4 cm³/mol. The molecular weight excluding hydrogens is 286 g/mol. The summed E-state index contributed by atoms with van der Waals surface area (Å²) in [5.41, 5.74) is 0.121. The van der Waals surface area contributed by atoms with E-state index in [4.69, 9.17) is 4.74 Å². The number of halogens is 2. The van der Waals surface area contributed by atoms with E-state index in [2.05, 4.69) is 10.1 Å². The summed E-state index contributed by atoms with van der Waals surface area (Å²) in [5, 5.41) is 14.5. The quantitative estimate of drug-likeness (QED) is 0.604. The maximum Gasteiger partial charge on any atom is 0.307 e. The lowest BCUT2D eigenvalue weighted by Crippen LogP contribution is -2.16. The van der Waals surface area contributed by atoms with Gasteiger partial charge >= 0.3 is 5.69 Å². The van der Waals surface area contributed by atoms with Gasteiger partial charge in [0.2, 0.25) is 12.3 Å². The van der Waals surface area contributed by atoms with Crippen molar-refractivity contribution in [2.75, 3.05) is 7.11 Å². The lowest BCUT2D eigenvalue weighted by molar-refractivity contribution is -0.385. The minimum absolute atomic E-state index is 0.182. The largest absolute Gasteiger partial charge is 0.481 e. The number of nitrogens with zero attached hydrogens (tertiary/aromatic N) is 4. The molecule has 2 aromatic heterocycles. The third-order valence-electron chi connectivity index (χ3n) is 2.87. The number of pyridine rings is 1. The molecule has 1 atom stereocenters. The van der Waals surface area contributed by atoms with E-state index < -0.39 is 23.8 Å². The zero-order chi connectivity index (χ0) is 15.4. The van der Waals surface area contributed by atoms with Crippen molar-refractivity contribution < 1.29 is 18.4 Å². The van der Waals surface area contributed by atoms with Crippen LogP contribution < -0.4 is 4.74 Å².